The van der Waals surface area contributed by atoms with Crippen LogP contribution in [0.4, 0.5) is 45.5 Å². The van der Waals surface area contributed by atoms with Gasteiger partial charge in [0.05, 0.1) is 17.1 Å². The monoisotopic (exact) mass is 1080 g/mol. The van der Waals surface area contributed by atoms with Crippen LogP contribution in [0.15, 0.2) is 89.8 Å². The van der Waals surface area contributed by atoms with Gasteiger partial charge in [0.2, 0.25) is 28.8 Å². The predicted octanol–water partition coefficient (Wildman–Crippen LogP) is 14.1. The van der Waals surface area contributed by atoms with Crippen molar-refractivity contribution in [2.24, 2.45) is 0 Å². The first-order valence-electron chi connectivity index (χ1n) is 27.4. The molecule has 2 heterocycles. The summed E-state index contributed by atoms with van der Waals surface area (Å²) >= 11 is 0. The SMILES string of the molecule is C/C(O)=C(/O)C(O)=C(O)C(=O)N(c1ccc2c(c1)N(c1c(C)cc(C(C)(C)C)cc1C)c1cc(C(C)(C)C)cc3c1B2c1cc2c(cc1N3c1c(C)cc(C(C)(C)C)cc1C)C(C)(C)CCC2(C)C)c1c(O)c(O)c(O)c(O)c1O. The average molecular weight is 1080 g/mol. The van der Waals surface area contributed by atoms with Gasteiger partial charge in [-0.15, -0.1) is 0 Å². The maximum absolute atomic E-state index is 15.0. The minimum atomic E-state index is -1.59. The molecule has 9 rings (SSSR count). The summed E-state index contributed by atoms with van der Waals surface area (Å²) < 4.78 is 0. The van der Waals surface area contributed by atoms with E-state index < -0.39 is 75.5 Å². The highest BCUT2D eigenvalue weighted by Gasteiger charge is 2.48. The van der Waals surface area contributed by atoms with Crippen LogP contribution in [0.1, 0.15) is 160 Å². The van der Waals surface area contributed by atoms with E-state index in [0.717, 1.165) is 98.0 Å². The molecule has 0 radical (unpaired) electrons. The van der Waals surface area contributed by atoms with Gasteiger partial charge >= 0.3 is 5.91 Å². The molecule has 14 heteroatoms. The average Bonchev–Trinajstić information content (AvgIpc) is 3.36. The normalized spacial score (nSPS) is 16.1. The number of rotatable bonds is 6. The maximum Gasteiger partial charge on any atom is 0.302 e. The molecule has 0 aromatic heterocycles. The molecule has 0 atom stereocenters. The number of anilines is 8. The van der Waals surface area contributed by atoms with E-state index in [1.165, 1.54) is 22.8 Å². The Hall–Kier alpha value is -7.87. The van der Waals surface area contributed by atoms with Crippen molar-refractivity contribution in [3.05, 3.63) is 140 Å². The van der Waals surface area contributed by atoms with E-state index in [1.807, 2.05) is 6.07 Å². The van der Waals surface area contributed by atoms with Gasteiger partial charge in [-0.05, 0) is 171 Å². The number of hydrogen-bond donors (Lipinski definition) is 9. The van der Waals surface area contributed by atoms with Gasteiger partial charge in [-0.2, -0.15) is 0 Å². The minimum absolute atomic E-state index is 0.117. The number of phenolic OH excluding ortho intramolecular Hbond substituents is 5. The Labute approximate surface area is 471 Å². The van der Waals surface area contributed by atoms with Crippen LogP contribution in [0.2, 0.25) is 0 Å². The zero-order chi connectivity index (χ0) is 59.3. The van der Waals surface area contributed by atoms with Crippen molar-refractivity contribution in [2.45, 2.75) is 165 Å². The second-order valence-electron chi connectivity index (χ2n) is 27.0. The fourth-order valence-electron chi connectivity index (χ4n) is 12.3. The molecule has 80 heavy (non-hydrogen) atoms. The minimum Gasteiger partial charge on any atom is -0.509 e. The number of aliphatic hydroxyl groups is 4. The number of benzene rings is 6. The molecule has 420 valence electrons. The number of carbonyl (C=O) groups excluding carboxylic acids is 1. The Bertz CT molecular complexity index is 3640. The van der Waals surface area contributed by atoms with Gasteiger partial charge in [0.15, 0.2) is 17.3 Å². The maximum atomic E-state index is 15.0. The van der Waals surface area contributed by atoms with Crippen molar-refractivity contribution in [2.75, 3.05) is 14.7 Å². The number of carbonyl (C=O) groups is 1. The van der Waals surface area contributed by atoms with Crippen LogP contribution < -0.4 is 31.1 Å². The number of nitrogens with zero attached hydrogens (tertiary/aromatic N) is 3. The highest BCUT2D eigenvalue weighted by molar-refractivity contribution is 7.00. The Morgan fingerprint density at radius 1 is 0.500 bits per heavy atom. The Morgan fingerprint density at radius 3 is 1.30 bits per heavy atom. The van der Waals surface area contributed by atoms with Gasteiger partial charge in [-0.25, -0.2) is 0 Å². The number of aromatic hydroxyl groups is 5. The summed E-state index contributed by atoms with van der Waals surface area (Å²) in [5.74, 6) is -13.2. The predicted molar refractivity (Wildman–Crippen MR) is 323 cm³/mol. The molecule has 13 nitrogen and oxygen atoms in total. The van der Waals surface area contributed by atoms with Gasteiger partial charge in [-0.3, -0.25) is 9.69 Å². The first-order chi connectivity index (χ1) is 36.8. The number of allylic oxidation sites excluding steroid dienone is 1. The lowest BCUT2D eigenvalue weighted by Gasteiger charge is -2.48. The van der Waals surface area contributed by atoms with Crippen LogP contribution in [0.3, 0.4) is 0 Å². The van der Waals surface area contributed by atoms with Gasteiger partial charge < -0.3 is 55.8 Å². The van der Waals surface area contributed by atoms with Gasteiger partial charge in [-0.1, -0.05) is 126 Å². The van der Waals surface area contributed by atoms with Crippen molar-refractivity contribution in [1.29, 1.82) is 0 Å². The van der Waals surface area contributed by atoms with E-state index in [4.69, 9.17) is 0 Å². The number of aliphatic hydroxyl groups excluding tert-OH is 4. The molecular weight excluding hydrogens is 1010 g/mol. The van der Waals surface area contributed by atoms with Crippen LogP contribution >= 0.6 is 0 Å². The van der Waals surface area contributed by atoms with Crippen LogP contribution in [-0.2, 0) is 31.9 Å². The lowest BCUT2D eigenvalue weighted by Crippen LogP contribution is -2.62. The fraction of sp³-hybridized carbons (Fsp3) is 0.379. The van der Waals surface area contributed by atoms with Crippen LogP contribution in [0.5, 0.6) is 28.7 Å². The van der Waals surface area contributed by atoms with E-state index >= 15 is 4.79 Å². The molecule has 1 amide bonds. The quantitative estimate of drug-likeness (QED) is 0.0190. The van der Waals surface area contributed by atoms with Crippen LogP contribution in [0, 0.1) is 27.7 Å². The van der Waals surface area contributed by atoms with E-state index in [-0.39, 0.29) is 27.3 Å². The second kappa shape index (κ2) is 18.6. The molecule has 1 aliphatic carbocycles. The number of fused-ring (bicyclic) bond motifs is 5. The molecule has 6 aromatic carbocycles. The molecule has 9 N–H and O–H groups in total. The van der Waals surface area contributed by atoms with Gasteiger partial charge in [0, 0.05) is 22.7 Å². The van der Waals surface area contributed by atoms with E-state index in [2.05, 4.69) is 176 Å². The molecule has 0 saturated heterocycles. The highest BCUT2D eigenvalue weighted by Crippen LogP contribution is 2.58. The van der Waals surface area contributed by atoms with Gasteiger partial charge in [0.25, 0.3) is 6.71 Å². The van der Waals surface area contributed by atoms with Gasteiger partial charge in [0.1, 0.15) is 11.4 Å². The zero-order valence-electron chi connectivity index (χ0n) is 49.6. The highest BCUT2D eigenvalue weighted by atomic mass is 16.4. The summed E-state index contributed by atoms with van der Waals surface area (Å²) in [7, 11) is 0. The van der Waals surface area contributed by atoms with Crippen molar-refractivity contribution < 1.29 is 50.8 Å². The lowest BCUT2D eigenvalue weighted by molar-refractivity contribution is -0.117. The number of phenols is 5. The molecule has 0 bridgehead atoms. The number of hydrogen-bond acceptors (Lipinski definition) is 12. The van der Waals surface area contributed by atoms with Crippen molar-refractivity contribution >= 4 is 74.5 Å². The summed E-state index contributed by atoms with van der Waals surface area (Å²) in [6, 6.07) is 23.4. The molecular formula is C66H78BN3O10. The van der Waals surface area contributed by atoms with Crippen molar-refractivity contribution in [3.63, 3.8) is 0 Å². The lowest BCUT2D eigenvalue weighted by atomic mass is 9.33. The fourth-order valence-corrected chi connectivity index (χ4v) is 12.3. The number of aryl methyl sites for hydroxylation is 4. The van der Waals surface area contributed by atoms with E-state index in [9.17, 15) is 46.0 Å². The van der Waals surface area contributed by atoms with Crippen molar-refractivity contribution in [1.82, 2.24) is 0 Å². The Balaban J connectivity index is 1.49. The molecule has 0 fully saturated rings. The number of amides is 1. The molecule has 0 spiro atoms. The van der Waals surface area contributed by atoms with Crippen LogP contribution in [0.25, 0.3) is 0 Å². The Kier molecular flexibility index (Phi) is 13.2. The van der Waals surface area contributed by atoms with Crippen molar-refractivity contribution in [3.8, 4) is 28.7 Å². The first-order valence-corrected chi connectivity index (χ1v) is 27.4. The third-order valence-corrected chi connectivity index (χ3v) is 17.1. The zero-order valence-corrected chi connectivity index (χ0v) is 49.6. The molecule has 3 aliphatic rings. The summed E-state index contributed by atoms with van der Waals surface area (Å²) in [5.41, 5.74) is 15.9. The topological polar surface area (TPSA) is 209 Å². The van der Waals surface area contributed by atoms with E-state index in [1.54, 1.807) is 6.07 Å². The third kappa shape index (κ3) is 8.89. The molecule has 2 aliphatic heterocycles. The first kappa shape index (κ1) is 56.8. The molecule has 0 saturated carbocycles. The summed E-state index contributed by atoms with van der Waals surface area (Å²) in [6.07, 6.45) is 1.96. The molecule has 0 unspecified atom stereocenters. The Morgan fingerprint density at radius 2 is 0.887 bits per heavy atom. The van der Waals surface area contributed by atoms with Crippen LogP contribution in [-0.4, -0.2) is 58.6 Å². The summed E-state index contributed by atoms with van der Waals surface area (Å²) in [4.78, 5) is 20.2. The largest absolute Gasteiger partial charge is 0.509 e. The second-order valence-corrected chi connectivity index (χ2v) is 27.0. The summed E-state index contributed by atoms with van der Waals surface area (Å²) in [5, 5.41) is 99.2. The summed E-state index contributed by atoms with van der Waals surface area (Å²) in [6.45, 7) is 38.1. The third-order valence-electron chi connectivity index (χ3n) is 17.1. The standard InChI is InChI=1S/C66H78BN3O10/c1-32-23-37(62(6,7)8)24-33(2)50(32)69-45-29-40(68(61(80)60(79)56(75)53(72)36(5)71)52-54(73)57(76)59(78)58(77)55(52)74)19-20-43(45)67-44-30-41-42(66(17,18)22-21-65(41,15)16)31-46(44)70(48-28-39(64(12,13)14)27-47(69)49(48)67)51-34(3)25-38(26-35(51)4)63(9,10)11/h19-20,23-31,71-79H,21-22H2,1-18H3/b53-36-,60-56?. The van der Waals surface area contributed by atoms with E-state index in [0.29, 0.717) is 10.6 Å². The smallest absolute Gasteiger partial charge is 0.302 e. The molecule has 6 aromatic rings.